The van der Waals surface area contributed by atoms with Crippen LogP contribution in [-0.4, -0.2) is 16.5 Å². The summed E-state index contributed by atoms with van der Waals surface area (Å²) in [6.07, 6.45) is 6.15. The van der Waals surface area contributed by atoms with Gasteiger partial charge >= 0.3 is 0 Å². The first-order chi connectivity index (χ1) is 6.44. The monoisotopic (exact) mass is 196 g/mol. The van der Waals surface area contributed by atoms with Crippen molar-refractivity contribution in [3.05, 3.63) is 0 Å². The Balaban J connectivity index is 2.22. The van der Waals surface area contributed by atoms with Gasteiger partial charge in [0.2, 0.25) is 0 Å². The summed E-state index contributed by atoms with van der Waals surface area (Å²) < 4.78 is 0. The molecule has 0 bridgehead atoms. The van der Waals surface area contributed by atoms with Gasteiger partial charge < -0.3 is 5.11 Å². The number of Topliss-reactive ketones (excluding diaryl/α,β-unsaturated/α-hetero) is 1. The van der Waals surface area contributed by atoms with Crippen LogP contribution >= 0.6 is 0 Å². The summed E-state index contributed by atoms with van der Waals surface area (Å²) in [5.41, 5.74) is -0.835. The molecule has 0 aromatic heterocycles. The van der Waals surface area contributed by atoms with Gasteiger partial charge in [-0.25, -0.2) is 0 Å². The van der Waals surface area contributed by atoms with Crippen LogP contribution in [0.2, 0.25) is 0 Å². The molecule has 0 radical (unpaired) electrons. The van der Waals surface area contributed by atoms with E-state index in [1.807, 2.05) is 0 Å². The maximum Gasteiger partial charge on any atom is 0.164 e. The van der Waals surface area contributed by atoms with E-state index in [1.54, 1.807) is 6.92 Å². The normalized spacial score (nSPS) is 48.8. The van der Waals surface area contributed by atoms with Gasteiger partial charge in [0.1, 0.15) is 5.60 Å². The minimum Gasteiger partial charge on any atom is -0.382 e. The lowest BCUT2D eigenvalue weighted by Gasteiger charge is -2.49. The number of ketones is 1. The highest BCUT2D eigenvalue weighted by Crippen LogP contribution is 2.51. The first kappa shape index (κ1) is 10.2. The van der Waals surface area contributed by atoms with Crippen molar-refractivity contribution in [3.63, 3.8) is 0 Å². The van der Waals surface area contributed by atoms with Crippen molar-refractivity contribution in [3.8, 4) is 0 Å². The summed E-state index contributed by atoms with van der Waals surface area (Å²) in [7, 11) is 0. The molecule has 1 unspecified atom stereocenters. The highest BCUT2D eigenvalue weighted by atomic mass is 16.3. The molecule has 0 amide bonds. The molecule has 2 fully saturated rings. The number of fused-ring (bicyclic) bond motifs is 1. The second-order valence-electron chi connectivity index (χ2n) is 5.67. The van der Waals surface area contributed by atoms with Gasteiger partial charge in [0.15, 0.2) is 5.78 Å². The lowest BCUT2D eigenvalue weighted by atomic mass is 9.57. The maximum absolute atomic E-state index is 11.7. The van der Waals surface area contributed by atoms with Gasteiger partial charge in [-0.05, 0) is 37.5 Å². The highest BCUT2D eigenvalue weighted by Gasteiger charge is 2.49. The van der Waals surface area contributed by atoms with Gasteiger partial charge in [0.25, 0.3) is 0 Å². The Morgan fingerprint density at radius 1 is 1.36 bits per heavy atom. The number of hydrogen-bond acceptors (Lipinski definition) is 2. The second kappa shape index (κ2) is 3.06. The molecule has 2 rings (SSSR count). The minimum atomic E-state index is -1.05. The van der Waals surface area contributed by atoms with Crippen molar-refractivity contribution in [2.75, 3.05) is 0 Å². The van der Waals surface area contributed by atoms with E-state index in [1.165, 1.54) is 25.7 Å². The molecule has 2 aliphatic carbocycles. The van der Waals surface area contributed by atoms with Gasteiger partial charge in [-0.3, -0.25) is 4.79 Å². The van der Waals surface area contributed by atoms with Gasteiger partial charge in [0, 0.05) is 6.42 Å². The molecule has 0 spiro atoms. The van der Waals surface area contributed by atoms with Crippen LogP contribution in [0.1, 0.15) is 52.4 Å². The van der Waals surface area contributed by atoms with Crippen LogP contribution in [0.5, 0.6) is 0 Å². The fourth-order valence-electron chi connectivity index (χ4n) is 3.38. The van der Waals surface area contributed by atoms with Crippen LogP contribution < -0.4 is 0 Å². The summed E-state index contributed by atoms with van der Waals surface area (Å²) in [6, 6.07) is 0. The van der Waals surface area contributed by atoms with E-state index in [-0.39, 0.29) is 11.2 Å². The summed E-state index contributed by atoms with van der Waals surface area (Å²) in [5.74, 6) is 0.589. The van der Waals surface area contributed by atoms with E-state index in [4.69, 9.17) is 0 Å². The predicted octanol–water partition coefficient (Wildman–Crippen LogP) is 2.30. The first-order valence-electron chi connectivity index (χ1n) is 5.70. The SMILES string of the molecule is CC1(O)C[C@@]2(C)CCCC[C@@H]2CC1=O. The Labute approximate surface area is 85.7 Å². The fourth-order valence-corrected chi connectivity index (χ4v) is 3.38. The topological polar surface area (TPSA) is 37.3 Å². The van der Waals surface area contributed by atoms with Crippen molar-refractivity contribution < 1.29 is 9.90 Å². The molecule has 3 atom stereocenters. The number of rotatable bonds is 0. The average Bonchev–Trinajstić information content (AvgIpc) is 2.06. The van der Waals surface area contributed by atoms with E-state index in [0.29, 0.717) is 18.8 Å². The number of hydrogen-bond donors (Lipinski definition) is 1. The van der Waals surface area contributed by atoms with Crippen molar-refractivity contribution in [1.29, 1.82) is 0 Å². The maximum atomic E-state index is 11.7. The van der Waals surface area contributed by atoms with E-state index in [0.717, 1.165) is 0 Å². The Bertz CT molecular complexity index is 257. The van der Waals surface area contributed by atoms with Crippen LogP contribution in [0.3, 0.4) is 0 Å². The van der Waals surface area contributed by atoms with Gasteiger partial charge in [-0.2, -0.15) is 0 Å². The van der Waals surface area contributed by atoms with Crippen LogP contribution in [0, 0.1) is 11.3 Å². The molecule has 14 heavy (non-hydrogen) atoms. The molecule has 0 aromatic rings. The molecule has 1 N–H and O–H groups in total. The van der Waals surface area contributed by atoms with Crippen molar-refractivity contribution >= 4 is 5.78 Å². The van der Waals surface area contributed by atoms with Crippen LogP contribution in [0.25, 0.3) is 0 Å². The predicted molar refractivity (Wildman–Crippen MR) is 54.9 cm³/mol. The van der Waals surface area contributed by atoms with Crippen molar-refractivity contribution in [2.24, 2.45) is 11.3 Å². The molecule has 2 saturated carbocycles. The average molecular weight is 196 g/mol. The van der Waals surface area contributed by atoms with Crippen molar-refractivity contribution in [2.45, 2.75) is 58.0 Å². The Morgan fingerprint density at radius 3 is 2.79 bits per heavy atom. The molecule has 0 aromatic carbocycles. The van der Waals surface area contributed by atoms with Crippen LogP contribution in [0.15, 0.2) is 0 Å². The minimum absolute atomic E-state index is 0.0573. The second-order valence-corrected chi connectivity index (χ2v) is 5.67. The largest absolute Gasteiger partial charge is 0.382 e. The lowest BCUT2D eigenvalue weighted by molar-refractivity contribution is -0.151. The smallest absolute Gasteiger partial charge is 0.164 e. The molecule has 2 aliphatic rings. The summed E-state index contributed by atoms with van der Waals surface area (Å²) in [4.78, 5) is 11.7. The van der Waals surface area contributed by atoms with Crippen LogP contribution in [-0.2, 0) is 4.79 Å². The highest BCUT2D eigenvalue weighted by molar-refractivity contribution is 5.87. The van der Waals surface area contributed by atoms with Gasteiger partial charge in [-0.1, -0.05) is 19.8 Å². The zero-order valence-corrected chi connectivity index (χ0v) is 9.18. The van der Waals surface area contributed by atoms with E-state index < -0.39 is 5.60 Å². The molecule has 0 saturated heterocycles. The zero-order valence-electron chi connectivity index (χ0n) is 9.18. The standard InChI is InChI=1S/C12H20O2/c1-11-6-4-3-5-9(11)7-10(13)12(2,14)8-11/h9,14H,3-8H2,1-2H3/t9-,11-,12?/m1/s1. The number of aliphatic hydroxyl groups is 1. The molecular formula is C12H20O2. The molecule has 0 heterocycles. The van der Waals surface area contributed by atoms with Gasteiger partial charge in [-0.15, -0.1) is 0 Å². The first-order valence-corrected chi connectivity index (χ1v) is 5.70. The van der Waals surface area contributed by atoms with E-state index in [9.17, 15) is 9.90 Å². The number of carbonyl (C=O) groups excluding carboxylic acids is 1. The van der Waals surface area contributed by atoms with Crippen molar-refractivity contribution in [1.82, 2.24) is 0 Å². The van der Waals surface area contributed by atoms with E-state index in [2.05, 4.69) is 6.92 Å². The van der Waals surface area contributed by atoms with Crippen LogP contribution in [0.4, 0.5) is 0 Å². The summed E-state index contributed by atoms with van der Waals surface area (Å²) >= 11 is 0. The molecule has 80 valence electrons. The summed E-state index contributed by atoms with van der Waals surface area (Å²) in [5, 5.41) is 10.00. The Hall–Kier alpha value is -0.370. The van der Waals surface area contributed by atoms with E-state index >= 15 is 0 Å². The third kappa shape index (κ3) is 1.50. The molecule has 0 aliphatic heterocycles. The quantitative estimate of drug-likeness (QED) is 0.645. The number of carbonyl (C=O) groups is 1. The third-order valence-corrected chi connectivity index (χ3v) is 4.32. The van der Waals surface area contributed by atoms with Gasteiger partial charge in [0.05, 0.1) is 0 Å². The lowest BCUT2D eigenvalue weighted by Crippen LogP contribution is -2.50. The third-order valence-electron chi connectivity index (χ3n) is 4.32. The molecule has 2 heteroatoms. The molecule has 2 nitrogen and oxygen atoms in total. The zero-order chi connectivity index (χ0) is 10.4. The molecular weight excluding hydrogens is 176 g/mol. The fraction of sp³-hybridized carbons (Fsp3) is 0.917. The summed E-state index contributed by atoms with van der Waals surface area (Å²) in [6.45, 7) is 3.93. The Morgan fingerprint density at radius 2 is 2.07 bits per heavy atom. The Kier molecular flexibility index (Phi) is 2.22.